The van der Waals surface area contributed by atoms with Gasteiger partial charge in [0.1, 0.15) is 12.2 Å². The minimum Gasteiger partial charge on any atom is -0.394 e. The highest BCUT2D eigenvalue weighted by Gasteiger charge is 2.35. The second kappa shape index (κ2) is 6.50. The molecule has 1 aliphatic rings. The molecule has 2 atom stereocenters. The lowest BCUT2D eigenvalue weighted by Crippen LogP contribution is -2.47. The standard InChI is InChI=1S/C15H20ClN3O2/c1-3-7-19-14(21)13(12(16)9-17-19)18-15(10-20)6-4-5-11(2)8-15/h1,9,11,18,20H,4-8,10H2,2H3. The molecule has 6 heteroatoms. The Balaban J connectivity index is 2.35. The van der Waals surface area contributed by atoms with Gasteiger partial charge in [0.25, 0.3) is 5.56 Å². The van der Waals surface area contributed by atoms with Crippen LogP contribution in [0.1, 0.15) is 32.6 Å². The summed E-state index contributed by atoms with van der Waals surface area (Å²) in [5, 5.41) is 17.2. The van der Waals surface area contributed by atoms with E-state index >= 15 is 0 Å². The summed E-state index contributed by atoms with van der Waals surface area (Å²) in [6.07, 6.45) is 10.4. The number of terminal acetylenes is 1. The van der Waals surface area contributed by atoms with Gasteiger partial charge in [-0.05, 0) is 18.8 Å². The second-order valence-corrected chi connectivity index (χ2v) is 6.21. The first-order chi connectivity index (χ1) is 10.0. The van der Waals surface area contributed by atoms with Crippen molar-refractivity contribution in [1.29, 1.82) is 0 Å². The van der Waals surface area contributed by atoms with E-state index in [-0.39, 0.29) is 29.4 Å². The van der Waals surface area contributed by atoms with E-state index in [0.29, 0.717) is 5.92 Å². The maximum Gasteiger partial charge on any atom is 0.292 e. The van der Waals surface area contributed by atoms with Gasteiger partial charge in [0.2, 0.25) is 0 Å². The average molecular weight is 310 g/mol. The largest absolute Gasteiger partial charge is 0.394 e. The van der Waals surface area contributed by atoms with Crippen molar-refractivity contribution in [2.24, 2.45) is 5.92 Å². The van der Waals surface area contributed by atoms with Gasteiger partial charge in [0.15, 0.2) is 0 Å². The van der Waals surface area contributed by atoms with Crippen molar-refractivity contribution in [3.05, 3.63) is 21.6 Å². The number of hydrogen-bond donors (Lipinski definition) is 2. The third-order valence-electron chi connectivity index (χ3n) is 4.02. The molecule has 0 aliphatic heterocycles. The summed E-state index contributed by atoms with van der Waals surface area (Å²) in [5.74, 6) is 2.88. The van der Waals surface area contributed by atoms with Crippen molar-refractivity contribution in [1.82, 2.24) is 9.78 Å². The van der Waals surface area contributed by atoms with Crippen LogP contribution in [0.5, 0.6) is 0 Å². The fourth-order valence-corrected chi connectivity index (χ4v) is 3.17. The van der Waals surface area contributed by atoms with Crippen LogP contribution < -0.4 is 10.9 Å². The van der Waals surface area contributed by atoms with Gasteiger partial charge < -0.3 is 10.4 Å². The van der Waals surface area contributed by atoms with Gasteiger partial charge >= 0.3 is 0 Å². The van der Waals surface area contributed by atoms with Gasteiger partial charge in [-0.25, -0.2) is 4.68 Å². The van der Waals surface area contributed by atoms with Crippen LogP contribution in [0.3, 0.4) is 0 Å². The highest BCUT2D eigenvalue weighted by atomic mass is 35.5. The number of hydrogen-bond acceptors (Lipinski definition) is 4. The molecule has 2 N–H and O–H groups in total. The van der Waals surface area contributed by atoms with Crippen LogP contribution in [0, 0.1) is 18.3 Å². The van der Waals surface area contributed by atoms with Gasteiger partial charge in [-0.3, -0.25) is 4.79 Å². The first-order valence-electron chi connectivity index (χ1n) is 7.09. The lowest BCUT2D eigenvalue weighted by Gasteiger charge is -2.40. The molecule has 0 radical (unpaired) electrons. The van der Waals surface area contributed by atoms with E-state index in [1.807, 2.05) is 0 Å². The van der Waals surface area contributed by atoms with Crippen LogP contribution in [0.4, 0.5) is 5.69 Å². The summed E-state index contributed by atoms with van der Waals surface area (Å²) < 4.78 is 1.19. The van der Waals surface area contributed by atoms with Gasteiger partial charge in [-0.1, -0.05) is 37.3 Å². The minimum absolute atomic E-state index is 0.0371. The van der Waals surface area contributed by atoms with E-state index < -0.39 is 5.54 Å². The number of anilines is 1. The molecule has 5 nitrogen and oxygen atoms in total. The SMILES string of the molecule is C#CCn1ncc(Cl)c(NC2(CO)CCCC(C)C2)c1=O. The molecule has 1 heterocycles. The van der Waals surface area contributed by atoms with Crippen molar-refractivity contribution in [2.45, 2.75) is 44.7 Å². The van der Waals surface area contributed by atoms with Crippen molar-refractivity contribution >= 4 is 17.3 Å². The van der Waals surface area contributed by atoms with Gasteiger partial charge in [-0.2, -0.15) is 5.10 Å². The van der Waals surface area contributed by atoms with Crippen molar-refractivity contribution in [3.8, 4) is 12.3 Å². The molecule has 2 rings (SSSR count). The number of aliphatic hydroxyl groups excluding tert-OH is 1. The Hall–Kier alpha value is -1.51. The van der Waals surface area contributed by atoms with Gasteiger partial charge in [0, 0.05) is 0 Å². The van der Waals surface area contributed by atoms with E-state index in [2.05, 4.69) is 23.3 Å². The Morgan fingerprint density at radius 3 is 3.10 bits per heavy atom. The molecule has 0 saturated heterocycles. The van der Waals surface area contributed by atoms with E-state index in [1.54, 1.807) is 0 Å². The topological polar surface area (TPSA) is 67.2 Å². The molecule has 114 valence electrons. The molecule has 1 aromatic heterocycles. The summed E-state index contributed by atoms with van der Waals surface area (Å²) in [7, 11) is 0. The molecule has 2 unspecified atom stereocenters. The van der Waals surface area contributed by atoms with E-state index in [0.717, 1.165) is 25.7 Å². The molecule has 1 fully saturated rings. The van der Waals surface area contributed by atoms with Crippen LogP contribution in [0.15, 0.2) is 11.0 Å². The predicted molar refractivity (Wildman–Crippen MR) is 83.4 cm³/mol. The van der Waals surface area contributed by atoms with E-state index in [1.165, 1.54) is 10.9 Å². The number of nitrogens with zero attached hydrogens (tertiary/aromatic N) is 2. The highest BCUT2D eigenvalue weighted by molar-refractivity contribution is 6.33. The fraction of sp³-hybridized carbons (Fsp3) is 0.600. The van der Waals surface area contributed by atoms with Crippen LogP contribution in [0.25, 0.3) is 0 Å². The maximum atomic E-state index is 12.4. The molecular weight excluding hydrogens is 290 g/mol. The highest BCUT2D eigenvalue weighted by Crippen LogP contribution is 2.35. The van der Waals surface area contributed by atoms with Crippen LogP contribution in [0.2, 0.25) is 5.02 Å². The van der Waals surface area contributed by atoms with Crippen LogP contribution >= 0.6 is 11.6 Å². The third-order valence-corrected chi connectivity index (χ3v) is 4.31. The number of halogens is 1. The zero-order valence-corrected chi connectivity index (χ0v) is 12.9. The Bertz CT molecular complexity index is 608. The molecule has 0 spiro atoms. The minimum atomic E-state index is -0.504. The Kier molecular flexibility index (Phi) is 4.92. The number of aliphatic hydroxyl groups is 1. The average Bonchev–Trinajstić information content (AvgIpc) is 2.47. The molecule has 21 heavy (non-hydrogen) atoms. The quantitative estimate of drug-likeness (QED) is 0.833. The normalized spacial score (nSPS) is 25.3. The fourth-order valence-electron chi connectivity index (χ4n) is 3.00. The molecule has 0 aromatic carbocycles. The molecule has 0 bridgehead atoms. The summed E-state index contributed by atoms with van der Waals surface area (Å²) in [4.78, 5) is 12.4. The summed E-state index contributed by atoms with van der Waals surface area (Å²) >= 11 is 6.10. The first kappa shape index (κ1) is 15.9. The number of aromatic nitrogens is 2. The van der Waals surface area contributed by atoms with Gasteiger partial charge in [0.05, 0.1) is 23.4 Å². The molecule has 0 amide bonds. The number of rotatable bonds is 4. The molecular formula is C15H20ClN3O2. The van der Waals surface area contributed by atoms with Crippen LogP contribution in [-0.2, 0) is 6.54 Å². The molecule has 1 aliphatic carbocycles. The summed E-state index contributed by atoms with van der Waals surface area (Å²) in [6.45, 7) is 2.20. The maximum absolute atomic E-state index is 12.4. The zero-order chi connectivity index (χ0) is 15.5. The van der Waals surface area contributed by atoms with E-state index in [9.17, 15) is 9.90 Å². The summed E-state index contributed by atoms with van der Waals surface area (Å²) in [5.41, 5.74) is -0.591. The van der Waals surface area contributed by atoms with Gasteiger partial charge in [-0.15, -0.1) is 6.42 Å². The predicted octanol–water partition coefficient (Wildman–Crippen LogP) is 1.88. The molecule has 1 aromatic rings. The lowest BCUT2D eigenvalue weighted by molar-refractivity contribution is 0.149. The van der Waals surface area contributed by atoms with Crippen LogP contribution in [-0.4, -0.2) is 27.0 Å². The smallest absolute Gasteiger partial charge is 0.292 e. The monoisotopic (exact) mass is 309 g/mol. The van der Waals surface area contributed by atoms with Crippen molar-refractivity contribution in [3.63, 3.8) is 0 Å². The molecule has 1 saturated carbocycles. The third kappa shape index (κ3) is 3.39. The number of nitrogens with one attached hydrogen (secondary N) is 1. The zero-order valence-electron chi connectivity index (χ0n) is 12.1. The van der Waals surface area contributed by atoms with E-state index in [4.69, 9.17) is 18.0 Å². The Morgan fingerprint density at radius 1 is 1.71 bits per heavy atom. The first-order valence-corrected chi connectivity index (χ1v) is 7.47. The second-order valence-electron chi connectivity index (χ2n) is 5.80. The Labute approximate surface area is 129 Å². The lowest BCUT2D eigenvalue weighted by atomic mass is 9.76. The summed E-state index contributed by atoms with van der Waals surface area (Å²) in [6, 6.07) is 0. The van der Waals surface area contributed by atoms with Crippen molar-refractivity contribution < 1.29 is 5.11 Å². The van der Waals surface area contributed by atoms with Crippen molar-refractivity contribution in [2.75, 3.05) is 11.9 Å². The Morgan fingerprint density at radius 2 is 2.48 bits per heavy atom.